The van der Waals surface area contributed by atoms with E-state index >= 15 is 0 Å². The molecule has 4 N–H and O–H groups in total. The van der Waals surface area contributed by atoms with E-state index < -0.39 is 23.5 Å². The molecular weight excluding hydrogens is 352 g/mol. The Kier molecular flexibility index (Phi) is 5.87. The highest BCUT2D eigenvalue weighted by atomic mass is 16.4. The number of amides is 1. The molecule has 0 radical (unpaired) electrons. The maximum absolute atomic E-state index is 12.8. The van der Waals surface area contributed by atoms with Crippen molar-refractivity contribution in [2.45, 2.75) is 18.0 Å². The minimum absolute atomic E-state index is 0.316. The number of hydrogen-bond donors (Lipinski definition) is 3. The monoisotopic (exact) mass is 374 g/mol. The minimum atomic E-state index is -1.26. The van der Waals surface area contributed by atoms with Crippen molar-refractivity contribution in [3.63, 3.8) is 0 Å². The molecule has 0 aromatic heterocycles. The van der Waals surface area contributed by atoms with E-state index in [2.05, 4.69) is 5.32 Å². The van der Waals surface area contributed by atoms with Crippen molar-refractivity contribution in [1.82, 2.24) is 5.32 Å². The van der Waals surface area contributed by atoms with E-state index in [4.69, 9.17) is 10.8 Å². The Morgan fingerprint density at radius 3 is 1.46 bits per heavy atom. The Hall–Kier alpha value is -3.44. The summed E-state index contributed by atoms with van der Waals surface area (Å²) in [4.78, 5) is 23.9. The summed E-state index contributed by atoms with van der Waals surface area (Å²) in [5.41, 5.74) is 7.22. The largest absolute Gasteiger partial charge is 0.480 e. The molecule has 3 aromatic rings. The molecule has 1 amide bonds. The number of aliphatic carboxylic acids is 1. The number of carbonyl (C=O) groups is 2. The summed E-state index contributed by atoms with van der Waals surface area (Å²) in [5.74, 6) is -1.65. The topological polar surface area (TPSA) is 92.4 Å². The first-order valence-corrected chi connectivity index (χ1v) is 9.00. The molecule has 0 unspecified atom stereocenters. The average Bonchev–Trinajstić information content (AvgIpc) is 2.74. The van der Waals surface area contributed by atoms with Gasteiger partial charge in [-0.15, -0.1) is 0 Å². The molecule has 5 nitrogen and oxygen atoms in total. The molecule has 142 valence electrons. The van der Waals surface area contributed by atoms with Crippen LogP contribution in [0.5, 0.6) is 0 Å². The van der Waals surface area contributed by atoms with Crippen LogP contribution in [-0.2, 0) is 15.1 Å². The summed E-state index contributed by atoms with van der Waals surface area (Å²) in [6.07, 6.45) is -0.316. The van der Waals surface area contributed by atoms with Crippen LogP contribution >= 0.6 is 0 Å². The number of benzene rings is 3. The van der Waals surface area contributed by atoms with Gasteiger partial charge in [0.05, 0.1) is 6.42 Å². The minimum Gasteiger partial charge on any atom is -0.480 e. The molecule has 3 rings (SSSR count). The lowest BCUT2D eigenvalue weighted by atomic mass is 9.77. The fraction of sp³-hybridized carbons (Fsp3) is 0.130. The third-order valence-corrected chi connectivity index (χ3v) is 4.67. The Labute approximate surface area is 163 Å². The first-order chi connectivity index (χ1) is 13.5. The van der Waals surface area contributed by atoms with Gasteiger partial charge in [-0.05, 0) is 16.7 Å². The second-order valence-electron chi connectivity index (χ2n) is 6.55. The molecule has 0 heterocycles. The molecule has 1 atom stereocenters. The van der Waals surface area contributed by atoms with Crippen molar-refractivity contribution >= 4 is 11.9 Å². The molecule has 0 saturated heterocycles. The fourth-order valence-corrected chi connectivity index (χ4v) is 3.33. The van der Waals surface area contributed by atoms with E-state index in [1.165, 1.54) is 0 Å². The van der Waals surface area contributed by atoms with E-state index in [9.17, 15) is 9.59 Å². The van der Waals surface area contributed by atoms with Gasteiger partial charge in [-0.1, -0.05) is 91.0 Å². The molecule has 3 aromatic carbocycles. The van der Waals surface area contributed by atoms with Gasteiger partial charge in [0, 0.05) is 0 Å². The van der Waals surface area contributed by atoms with Gasteiger partial charge in [0.2, 0.25) is 5.91 Å². The Morgan fingerprint density at radius 1 is 0.786 bits per heavy atom. The summed E-state index contributed by atoms with van der Waals surface area (Å²) in [7, 11) is 0. The molecule has 0 aliphatic carbocycles. The third-order valence-electron chi connectivity index (χ3n) is 4.67. The Bertz CT molecular complexity index is 831. The van der Waals surface area contributed by atoms with Crippen LogP contribution in [0.3, 0.4) is 0 Å². The number of carbonyl (C=O) groups excluding carboxylic acids is 1. The van der Waals surface area contributed by atoms with Crippen LogP contribution in [0.1, 0.15) is 23.1 Å². The fourth-order valence-electron chi connectivity index (χ4n) is 3.33. The lowest BCUT2D eigenvalue weighted by Gasteiger charge is -2.37. The number of hydrogen-bond acceptors (Lipinski definition) is 3. The van der Waals surface area contributed by atoms with Crippen LogP contribution in [-0.4, -0.2) is 23.0 Å². The van der Waals surface area contributed by atoms with E-state index in [1.54, 1.807) is 0 Å². The van der Waals surface area contributed by atoms with Crippen LogP contribution in [0.25, 0.3) is 0 Å². The highest BCUT2D eigenvalue weighted by Gasteiger charge is 2.38. The summed E-state index contributed by atoms with van der Waals surface area (Å²) < 4.78 is 0. The van der Waals surface area contributed by atoms with E-state index in [0.717, 1.165) is 16.7 Å². The first kappa shape index (κ1) is 19.3. The number of nitrogens with two attached hydrogens (primary N) is 1. The summed E-state index contributed by atoms with van der Waals surface area (Å²) in [5, 5.41) is 12.2. The van der Waals surface area contributed by atoms with E-state index in [0.29, 0.717) is 0 Å². The first-order valence-electron chi connectivity index (χ1n) is 9.00. The van der Waals surface area contributed by atoms with Gasteiger partial charge in [0.15, 0.2) is 0 Å². The summed E-state index contributed by atoms with van der Waals surface area (Å²) >= 11 is 0. The van der Waals surface area contributed by atoms with Crippen molar-refractivity contribution in [3.8, 4) is 0 Å². The lowest BCUT2D eigenvalue weighted by Crippen LogP contribution is -2.49. The summed E-state index contributed by atoms with van der Waals surface area (Å²) in [6.45, 7) is 0. The van der Waals surface area contributed by atoms with Gasteiger partial charge in [0.25, 0.3) is 0 Å². The maximum atomic E-state index is 12.8. The quantitative estimate of drug-likeness (QED) is 0.555. The van der Waals surface area contributed by atoms with Crippen LogP contribution in [0.15, 0.2) is 91.0 Å². The van der Waals surface area contributed by atoms with E-state index in [1.807, 2.05) is 91.0 Å². The zero-order chi connectivity index (χ0) is 20.0. The third kappa shape index (κ3) is 3.94. The van der Waals surface area contributed by atoms with Crippen molar-refractivity contribution in [1.29, 1.82) is 0 Å². The molecule has 0 bridgehead atoms. The number of rotatable bonds is 7. The van der Waals surface area contributed by atoms with Gasteiger partial charge in [-0.25, -0.2) is 0 Å². The van der Waals surface area contributed by atoms with Gasteiger partial charge in [-0.2, -0.15) is 0 Å². The SMILES string of the molecule is N[C@H](CC(=O)NC(c1ccccc1)(c1ccccc1)c1ccccc1)C(=O)O. The molecule has 28 heavy (non-hydrogen) atoms. The second-order valence-corrected chi connectivity index (χ2v) is 6.55. The molecular formula is C23H22N2O3. The number of nitrogens with one attached hydrogen (secondary N) is 1. The summed E-state index contributed by atoms with van der Waals surface area (Å²) in [6, 6.07) is 27.6. The van der Waals surface area contributed by atoms with Gasteiger partial charge in [0.1, 0.15) is 11.6 Å². The normalized spacial score (nSPS) is 12.2. The van der Waals surface area contributed by atoms with Crippen molar-refractivity contribution in [3.05, 3.63) is 108 Å². The molecule has 0 spiro atoms. The highest BCUT2D eigenvalue weighted by molar-refractivity contribution is 5.85. The average molecular weight is 374 g/mol. The zero-order valence-electron chi connectivity index (χ0n) is 15.3. The predicted octanol–water partition coefficient (Wildman–Crippen LogP) is 2.90. The number of carboxylic acids is 1. The van der Waals surface area contributed by atoms with Crippen molar-refractivity contribution in [2.24, 2.45) is 5.73 Å². The molecule has 0 saturated carbocycles. The van der Waals surface area contributed by atoms with Crippen molar-refractivity contribution < 1.29 is 14.7 Å². The molecule has 5 heteroatoms. The highest BCUT2D eigenvalue weighted by Crippen LogP contribution is 2.36. The number of carboxylic acid groups (broad SMARTS) is 1. The predicted molar refractivity (Wildman–Crippen MR) is 108 cm³/mol. The zero-order valence-corrected chi connectivity index (χ0v) is 15.3. The van der Waals surface area contributed by atoms with Crippen LogP contribution < -0.4 is 11.1 Å². The standard InChI is InChI=1S/C23H22N2O3/c24-20(22(27)28)16-21(26)25-23(17-10-4-1-5-11-17,18-12-6-2-7-13-18)19-14-8-3-9-15-19/h1-15,20H,16,24H2,(H,25,26)(H,27,28)/t20-/m1/s1. The molecule has 0 fully saturated rings. The molecule has 0 aliphatic rings. The lowest BCUT2D eigenvalue weighted by molar-refractivity contribution is -0.140. The smallest absolute Gasteiger partial charge is 0.321 e. The van der Waals surface area contributed by atoms with Crippen molar-refractivity contribution in [2.75, 3.05) is 0 Å². The van der Waals surface area contributed by atoms with E-state index in [-0.39, 0.29) is 6.42 Å². The Balaban J connectivity index is 2.17. The maximum Gasteiger partial charge on any atom is 0.321 e. The van der Waals surface area contributed by atoms with Gasteiger partial charge >= 0.3 is 5.97 Å². The molecule has 0 aliphatic heterocycles. The van der Waals surface area contributed by atoms with Crippen LogP contribution in [0, 0.1) is 0 Å². The van der Waals surface area contributed by atoms with Gasteiger partial charge in [-0.3, -0.25) is 9.59 Å². The van der Waals surface area contributed by atoms with Crippen LogP contribution in [0.2, 0.25) is 0 Å². The second kappa shape index (κ2) is 8.50. The van der Waals surface area contributed by atoms with Crippen LogP contribution in [0.4, 0.5) is 0 Å². The van der Waals surface area contributed by atoms with Gasteiger partial charge < -0.3 is 16.2 Å². The Morgan fingerprint density at radius 2 is 1.14 bits per heavy atom.